The number of halogens is 1. The minimum Gasteiger partial charge on any atom is -0.393 e. The topological polar surface area (TPSA) is 20.2 Å². The van der Waals surface area contributed by atoms with Gasteiger partial charge in [-0.15, -0.1) is 11.6 Å². The predicted molar refractivity (Wildman–Crippen MR) is 52.4 cm³/mol. The number of allylic oxidation sites excluding steroid dienone is 1. The summed E-state index contributed by atoms with van der Waals surface area (Å²) in [4.78, 5) is 0. The van der Waals surface area contributed by atoms with Crippen LogP contribution in [0.1, 0.15) is 32.1 Å². The van der Waals surface area contributed by atoms with Gasteiger partial charge in [-0.05, 0) is 19.3 Å². The Morgan fingerprint density at radius 3 is 2.75 bits per heavy atom. The molecule has 1 saturated carbocycles. The van der Waals surface area contributed by atoms with Crippen LogP contribution in [-0.2, 0) is 0 Å². The van der Waals surface area contributed by atoms with Crippen molar-refractivity contribution < 1.29 is 5.11 Å². The molecule has 2 atom stereocenters. The van der Waals surface area contributed by atoms with Crippen molar-refractivity contribution in [1.29, 1.82) is 0 Å². The van der Waals surface area contributed by atoms with Gasteiger partial charge in [-0.2, -0.15) is 0 Å². The largest absolute Gasteiger partial charge is 0.393 e. The number of rotatable bonds is 3. The Labute approximate surface area is 79.4 Å². The number of alkyl halides is 1. The lowest BCUT2D eigenvalue weighted by molar-refractivity contribution is 0.0926. The van der Waals surface area contributed by atoms with Crippen LogP contribution in [0, 0.1) is 5.92 Å². The number of aliphatic hydroxyl groups is 1. The van der Waals surface area contributed by atoms with E-state index >= 15 is 0 Å². The van der Waals surface area contributed by atoms with Crippen LogP contribution in [0.2, 0.25) is 0 Å². The zero-order valence-electron chi connectivity index (χ0n) is 7.38. The summed E-state index contributed by atoms with van der Waals surface area (Å²) in [5.74, 6) is 1.07. The molecule has 0 heterocycles. The summed E-state index contributed by atoms with van der Waals surface area (Å²) in [5, 5.41) is 9.58. The lowest BCUT2D eigenvalue weighted by Crippen LogP contribution is -2.22. The number of aliphatic hydroxyl groups excluding tert-OH is 1. The molecular weight excluding hydrogens is 172 g/mol. The minimum atomic E-state index is -0.106. The highest BCUT2D eigenvalue weighted by molar-refractivity contribution is 6.17. The van der Waals surface area contributed by atoms with Crippen molar-refractivity contribution in [2.24, 2.45) is 5.92 Å². The van der Waals surface area contributed by atoms with Crippen molar-refractivity contribution in [3.05, 3.63) is 12.2 Å². The van der Waals surface area contributed by atoms with Crippen LogP contribution in [0.5, 0.6) is 0 Å². The molecule has 1 fully saturated rings. The van der Waals surface area contributed by atoms with Crippen LogP contribution < -0.4 is 0 Å². The molecule has 0 aromatic carbocycles. The van der Waals surface area contributed by atoms with Crippen LogP contribution in [0.4, 0.5) is 0 Å². The van der Waals surface area contributed by atoms with E-state index < -0.39 is 0 Å². The van der Waals surface area contributed by atoms with Crippen molar-refractivity contribution in [3.8, 4) is 0 Å². The molecule has 0 bridgehead atoms. The summed E-state index contributed by atoms with van der Waals surface area (Å²) < 4.78 is 0. The quantitative estimate of drug-likeness (QED) is 0.534. The molecule has 0 unspecified atom stereocenters. The maximum Gasteiger partial charge on any atom is 0.0602 e. The molecule has 0 radical (unpaired) electrons. The minimum absolute atomic E-state index is 0.106. The van der Waals surface area contributed by atoms with Crippen molar-refractivity contribution in [3.63, 3.8) is 0 Å². The fraction of sp³-hybridized carbons (Fsp3) is 0.800. The monoisotopic (exact) mass is 188 g/mol. The van der Waals surface area contributed by atoms with Crippen LogP contribution in [0.25, 0.3) is 0 Å². The first-order valence-electron chi connectivity index (χ1n) is 4.75. The first-order valence-corrected chi connectivity index (χ1v) is 5.28. The Bertz CT molecular complexity index is 145. The summed E-state index contributed by atoms with van der Waals surface area (Å²) >= 11 is 5.54. The van der Waals surface area contributed by atoms with Gasteiger partial charge >= 0.3 is 0 Å². The number of hydrogen-bond acceptors (Lipinski definition) is 1. The molecule has 1 aliphatic rings. The zero-order valence-corrected chi connectivity index (χ0v) is 8.13. The summed E-state index contributed by atoms with van der Waals surface area (Å²) in [6.07, 6.45) is 9.58. The van der Waals surface area contributed by atoms with E-state index in [9.17, 15) is 5.11 Å². The highest BCUT2D eigenvalue weighted by Gasteiger charge is 2.19. The lowest BCUT2D eigenvalue weighted by atomic mass is 9.86. The summed E-state index contributed by atoms with van der Waals surface area (Å²) in [6.45, 7) is 0. The third-order valence-corrected chi connectivity index (χ3v) is 2.66. The lowest BCUT2D eigenvalue weighted by Gasteiger charge is -2.24. The van der Waals surface area contributed by atoms with Gasteiger partial charge in [0.15, 0.2) is 0 Å². The van der Waals surface area contributed by atoms with E-state index in [1.807, 2.05) is 0 Å². The van der Waals surface area contributed by atoms with Gasteiger partial charge in [-0.1, -0.05) is 25.0 Å². The number of hydrogen-bond donors (Lipinski definition) is 1. The Morgan fingerprint density at radius 1 is 1.33 bits per heavy atom. The Kier molecular flexibility index (Phi) is 4.70. The molecule has 0 aliphatic heterocycles. The van der Waals surface area contributed by atoms with E-state index in [0.717, 1.165) is 19.3 Å². The van der Waals surface area contributed by atoms with E-state index in [1.165, 1.54) is 12.8 Å². The molecule has 0 saturated heterocycles. The Balaban J connectivity index is 2.28. The summed E-state index contributed by atoms with van der Waals surface area (Å²) in [6, 6.07) is 0. The van der Waals surface area contributed by atoms with Gasteiger partial charge in [0.1, 0.15) is 0 Å². The molecule has 1 rings (SSSR count). The summed E-state index contributed by atoms with van der Waals surface area (Å²) in [5.41, 5.74) is 0. The molecule has 70 valence electrons. The predicted octanol–water partition coefficient (Wildman–Crippen LogP) is 2.72. The normalized spacial score (nSPS) is 31.2. The van der Waals surface area contributed by atoms with E-state index in [-0.39, 0.29) is 6.10 Å². The van der Waals surface area contributed by atoms with Crippen LogP contribution in [-0.4, -0.2) is 17.1 Å². The van der Waals surface area contributed by atoms with Gasteiger partial charge in [0.05, 0.1) is 6.10 Å². The Hall–Kier alpha value is -0.0100. The van der Waals surface area contributed by atoms with Crippen molar-refractivity contribution >= 4 is 11.6 Å². The van der Waals surface area contributed by atoms with Gasteiger partial charge in [-0.25, -0.2) is 0 Å². The molecule has 0 aromatic heterocycles. The van der Waals surface area contributed by atoms with Crippen LogP contribution in [0.15, 0.2) is 12.2 Å². The van der Waals surface area contributed by atoms with E-state index in [1.54, 1.807) is 0 Å². The third kappa shape index (κ3) is 3.16. The molecule has 1 N–H and O–H groups in total. The van der Waals surface area contributed by atoms with E-state index in [0.29, 0.717) is 11.8 Å². The molecule has 0 spiro atoms. The molecule has 12 heavy (non-hydrogen) atoms. The maximum atomic E-state index is 9.58. The van der Waals surface area contributed by atoms with Gasteiger partial charge in [0.2, 0.25) is 0 Å². The highest BCUT2D eigenvalue weighted by Crippen LogP contribution is 2.25. The fourth-order valence-electron chi connectivity index (χ4n) is 1.70. The first-order chi connectivity index (χ1) is 5.84. The van der Waals surface area contributed by atoms with Crippen molar-refractivity contribution in [2.45, 2.75) is 38.2 Å². The molecule has 1 aliphatic carbocycles. The first kappa shape index (κ1) is 10.1. The molecule has 1 nitrogen and oxygen atoms in total. The van der Waals surface area contributed by atoms with Gasteiger partial charge in [-0.3, -0.25) is 0 Å². The second kappa shape index (κ2) is 5.60. The van der Waals surface area contributed by atoms with Gasteiger partial charge < -0.3 is 5.11 Å². The average Bonchev–Trinajstić information content (AvgIpc) is 2.09. The maximum absolute atomic E-state index is 9.58. The Morgan fingerprint density at radius 2 is 2.08 bits per heavy atom. The van der Waals surface area contributed by atoms with E-state index in [4.69, 9.17) is 11.6 Å². The van der Waals surface area contributed by atoms with Crippen LogP contribution >= 0.6 is 11.6 Å². The molecule has 0 amide bonds. The average molecular weight is 189 g/mol. The SMILES string of the molecule is O[C@H]1CCCC[C@H]1/C=C/CCCl. The molecule has 2 heteroatoms. The highest BCUT2D eigenvalue weighted by atomic mass is 35.5. The smallest absolute Gasteiger partial charge is 0.0602 e. The van der Waals surface area contributed by atoms with Crippen molar-refractivity contribution in [2.75, 3.05) is 5.88 Å². The van der Waals surface area contributed by atoms with E-state index in [2.05, 4.69) is 12.2 Å². The van der Waals surface area contributed by atoms with Crippen molar-refractivity contribution in [1.82, 2.24) is 0 Å². The summed E-state index contributed by atoms with van der Waals surface area (Å²) in [7, 11) is 0. The molecule has 0 aromatic rings. The zero-order chi connectivity index (χ0) is 8.81. The third-order valence-electron chi connectivity index (χ3n) is 2.44. The second-order valence-electron chi connectivity index (χ2n) is 3.42. The van der Waals surface area contributed by atoms with Crippen LogP contribution in [0.3, 0.4) is 0 Å². The van der Waals surface area contributed by atoms with Gasteiger partial charge in [0, 0.05) is 11.8 Å². The standard InChI is InChI=1S/C10H17ClO/c11-8-4-3-6-9-5-1-2-7-10(9)12/h3,6,9-10,12H,1-2,4-5,7-8H2/b6-3+/t9-,10-/m0/s1. The molecular formula is C10H17ClO. The fourth-order valence-corrected chi connectivity index (χ4v) is 1.82. The van der Waals surface area contributed by atoms with Gasteiger partial charge in [0.25, 0.3) is 0 Å². The second-order valence-corrected chi connectivity index (χ2v) is 3.80.